The van der Waals surface area contributed by atoms with Crippen molar-refractivity contribution in [3.8, 4) is 0 Å². The monoisotopic (exact) mass is 404 g/mol. The summed E-state index contributed by atoms with van der Waals surface area (Å²) in [6, 6.07) is 0.337. The number of aromatic nitrogens is 1. The molecular formula is C21H32N4O2S. The molecule has 0 aliphatic carbocycles. The van der Waals surface area contributed by atoms with Gasteiger partial charge in [0.05, 0.1) is 11.3 Å². The smallest absolute Gasteiger partial charge is 0.252 e. The van der Waals surface area contributed by atoms with Crippen molar-refractivity contribution in [1.29, 1.82) is 0 Å². The van der Waals surface area contributed by atoms with Crippen molar-refractivity contribution in [2.75, 3.05) is 27.2 Å². The Morgan fingerprint density at radius 3 is 2.75 bits per heavy atom. The largest absolute Gasteiger partial charge is 0.361 e. The van der Waals surface area contributed by atoms with Crippen LogP contribution in [-0.2, 0) is 19.5 Å². The highest BCUT2D eigenvalue weighted by Crippen LogP contribution is 2.30. The van der Waals surface area contributed by atoms with Crippen LogP contribution in [-0.4, -0.2) is 54.1 Å². The Morgan fingerprint density at radius 1 is 1.39 bits per heavy atom. The molecule has 154 valence electrons. The van der Waals surface area contributed by atoms with Crippen LogP contribution < -0.4 is 5.32 Å². The number of nitrogens with zero attached hydrogens (tertiary/aromatic N) is 3. The number of fused-ring (bicyclic) bond motifs is 1. The van der Waals surface area contributed by atoms with Gasteiger partial charge >= 0.3 is 0 Å². The normalized spacial score (nSPS) is 15.9. The number of carbonyl (C=O) groups is 1. The van der Waals surface area contributed by atoms with Gasteiger partial charge in [-0.15, -0.1) is 11.3 Å². The van der Waals surface area contributed by atoms with Crippen molar-refractivity contribution in [1.82, 2.24) is 20.3 Å². The van der Waals surface area contributed by atoms with E-state index in [-0.39, 0.29) is 5.91 Å². The van der Waals surface area contributed by atoms with Gasteiger partial charge in [-0.2, -0.15) is 0 Å². The molecule has 2 aromatic heterocycles. The molecule has 1 atom stereocenters. The first-order chi connectivity index (χ1) is 13.3. The second kappa shape index (κ2) is 8.76. The van der Waals surface area contributed by atoms with Crippen molar-refractivity contribution in [2.45, 2.75) is 53.2 Å². The molecule has 28 heavy (non-hydrogen) atoms. The minimum Gasteiger partial charge on any atom is -0.361 e. The van der Waals surface area contributed by atoms with E-state index < -0.39 is 0 Å². The molecule has 0 saturated heterocycles. The third-order valence-electron chi connectivity index (χ3n) is 5.74. The van der Waals surface area contributed by atoms with Crippen LogP contribution in [0.5, 0.6) is 0 Å². The van der Waals surface area contributed by atoms with Gasteiger partial charge in [0.25, 0.3) is 5.91 Å². The summed E-state index contributed by atoms with van der Waals surface area (Å²) in [5.74, 6) is 1.45. The number of aryl methyl sites for hydroxylation is 2. The standard InChI is InChI=1S/C21H32N4O2S/c1-13(2)19(24(5)6)9-22-21(26)18-12-28-20-11-25(8-7-16(18)20)10-17-14(3)23-27-15(17)4/h12-13,19H,7-11H2,1-6H3,(H,22,26)/t19-/m0/s1. The van der Waals surface area contributed by atoms with Gasteiger partial charge in [0.2, 0.25) is 0 Å². The van der Waals surface area contributed by atoms with Crippen LogP contribution in [0.2, 0.25) is 0 Å². The molecule has 0 aromatic carbocycles. The van der Waals surface area contributed by atoms with E-state index >= 15 is 0 Å². The van der Waals surface area contributed by atoms with Gasteiger partial charge in [-0.1, -0.05) is 19.0 Å². The van der Waals surface area contributed by atoms with E-state index in [0.717, 1.165) is 43.1 Å². The number of hydrogen-bond donors (Lipinski definition) is 1. The fourth-order valence-electron chi connectivity index (χ4n) is 3.97. The van der Waals surface area contributed by atoms with Crippen LogP contribution in [0.1, 0.15) is 51.7 Å². The molecule has 2 aromatic rings. The minimum absolute atomic E-state index is 0.0594. The number of likely N-dealkylation sites (N-methyl/N-ethyl adjacent to an activating group) is 1. The SMILES string of the molecule is Cc1noc(C)c1CN1CCc2c(C(=O)NC[C@@H](C(C)C)N(C)C)csc2C1. The van der Waals surface area contributed by atoms with Crippen LogP contribution in [0.15, 0.2) is 9.90 Å². The molecule has 1 N–H and O–H groups in total. The molecule has 7 heteroatoms. The van der Waals surface area contributed by atoms with Crippen molar-refractivity contribution >= 4 is 17.2 Å². The predicted molar refractivity (Wildman–Crippen MR) is 113 cm³/mol. The van der Waals surface area contributed by atoms with E-state index in [1.807, 2.05) is 19.2 Å². The number of thiophene rings is 1. The number of nitrogens with one attached hydrogen (secondary N) is 1. The first kappa shape index (κ1) is 21.0. The van der Waals surface area contributed by atoms with E-state index in [0.29, 0.717) is 18.5 Å². The van der Waals surface area contributed by atoms with Crippen molar-refractivity contribution in [3.05, 3.63) is 38.4 Å². The maximum atomic E-state index is 12.8. The summed E-state index contributed by atoms with van der Waals surface area (Å²) in [5.41, 5.74) is 4.23. The Hall–Kier alpha value is -1.70. The Bertz CT molecular complexity index is 797. The molecule has 1 aliphatic heterocycles. The minimum atomic E-state index is 0.0594. The molecule has 0 unspecified atom stereocenters. The molecular weight excluding hydrogens is 372 g/mol. The second-order valence-electron chi connectivity index (χ2n) is 8.30. The Morgan fingerprint density at radius 2 is 2.14 bits per heavy atom. The van der Waals surface area contributed by atoms with Gasteiger partial charge in [-0.05, 0) is 45.8 Å². The number of carbonyl (C=O) groups excluding carboxylic acids is 1. The molecule has 3 heterocycles. The van der Waals surface area contributed by atoms with Crippen LogP contribution in [0.3, 0.4) is 0 Å². The number of hydrogen-bond acceptors (Lipinski definition) is 6. The van der Waals surface area contributed by atoms with E-state index in [4.69, 9.17) is 4.52 Å². The van der Waals surface area contributed by atoms with Gasteiger partial charge in [0.15, 0.2) is 0 Å². The fraction of sp³-hybridized carbons (Fsp3) is 0.619. The lowest BCUT2D eigenvalue weighted by Crippen LogP contribution is -2.43. The number of rotatable bonds is 7. The molecule has 3 rings (SSSR count). The van der Waals surface area contributed by atoms with Gasteiger partial charge in [-0.3, -0.25) is 9.69 Å². The summed E-state index contributed by atoms with van der Waals surface area (Å²) in [4.78, 5) is 18.7. The third kappa shape index (κ3) is 4.47. The molecule has 0 fully saturated rings. The van der Waals surface area contributed by atoms with E-state index in [1.165, 1.54) is 16.0 Å². The van der Waals surface area contributed by atoms with Crippen molar-refractivity contribution in [2.24, 2.45) is 5.92 Å². The van der Waals surface area contributed by atoms with Gasteiger partial charge in [-0.25, -0.2) is 0 Å². The molecule has 0 bridgehead atoms. The molecule has 6 nitrogen and oxygen atoms in total. The van der Waals surface area contributed by atoms with Crippen molar-refractivity contribution < 1.29 is 9.32 Å². The molecule has 0 radical (unpaired) electrons. The highest BCUT2D eigenvalue weighted by Gasteiger charge is 2.26. The second-order valence-corrected chi connectivity index (χ2v) is 9.26. The molecule has 1 amide bonds. The first-order valence-corrected chi connectivity index (χ1v) is 10.8. The summed E-state index contributed by atoms with van der Waals surface area (Å²) in [6.07, 6.45) is 0.909. The quantitative estimate of drug-likeness (QED) is 0.768. The molecule has 0 saturated carbocycles. The molecule has 0 spiro atoms. The van der Waals surface area contributed by atoms with Gasteiger partial charge in [0.1, 0.15) is 5.76 Å². The Balaban J connectivity index is 1.64. The van der Waals surface area contributed by atoms with Crippen LogP contribution in [0.4, 0.5) is 0 Å². The highest BCUT2D eigenvalue weighted by molar-refractivity contribution is 7.10. The topological polar surface area (TPSA) is 61.6 Å². The average Bonchev–Trinajstić information content (AvgIpc) is 3.19. The maximum Gasteiger partial charge on any atom is 0.252 e. The Kier molecular flexibility index (Phi) is 6.58. The zero-order valence-corrected chi connectivity index (χ0v) is 18.7. The van der Waals surface area contributed by atoms with E-state index in [9.17, 15) is 4.79 Å². The number of amides is 1. The first-order valence-electron chi connectivity index (χ1n) is 9.95. The Labute approximate surface area is 171 Å². The lowest BCUT2D eigenvalue weighted by atomic mass is 10.0. The summed E-state index contributed by atoms with van der Waals surface area (Å²) in [7, 11) is 4.13. The van der Waals surface area contributed by atoms with Gasteiger partial charge < -0.3 is 14.7 Å². The van der Waals surface area contributed by atoms with Crippen molar-refractivity contribution in [3.63, 3.8) is 0 Å². The van der Waals surface area contributed by atoms with E-state index in [2.05, 4.69) is 48.2 Å². The molecule has 1 aliphatic rings. The summed E-state index contributed by atoms with van der Waals surface area (Å²) >= 11 is 1.70. The summed E-state index contributed by atoms with van der Waals surface area (Å²) in [5, 5.41) is 9.24. The summed E-state index contributed by atoms with van der Waals surface area (Å²) in [6.45, 7) is 11.7. The lowest BCUT2D eigenvalue weighted by Gasteiger charge is -2.28. The predicted octanol–water partition coefficient (Wildman–Crippen LogP) is 3.23. The maximum absolute atomic E-state index is 12.8. The third-order valence-corrected chi connectivity index (χ3v) is 6.75. The van der Waals surface area contributed by atoms with Crippen LogP contribution in [0.25, 0.3) is 0 Å². The highest BCUT2D eigenvalue weighted by atomic mass is 32.1. The zero-order valence-electron chi connectivity index (χ0n) is 17.8. The average molecular weight is 405 g/mol. The summed E-state index contributed by atoms with van der Waals surface area (Å²) < 4.78 is 5.29. The fourth-order valence-corrected chi connectivity index (χ4v) is 5.09. The van der Waals surface area contributed by atoms with Crippen LogP contribution >= 0.6 is 11.3 Å². The van der Waals surface area contributed by atoms with E-state index in [1.54, 1.807) is 11.3 Å². The van der Waals surface area contributed by atoms with Gasteiger partial charge in [0, 0.05) is 48.0 Å². The van der Waals surface area contributed by atoms with Crippen LogP contribution in [0, 0.1) is 19.8 Å². The zero-order chi connectivity index (χ0) is 20.4. The lowest BCUT2D eigenvalue weighted by molar-refractivity contribution is 0.0933.